The van der Waals surface area contributed by atoms with E-state index in [2.05, 4.69) is 22.3 Å². The lowest BCUT2D eigenvalue weighted by Crippen LogP contribution is -2.14. The van der Waals surface area contributed by atoms with Gasteiger partial charge in [-0.25, -0.2) is 4.98 Å². The number of carbonyl (C=O) groups excluding carboxylic acids is 1. The number of nitrogens with zero attached hydrogens (tertiary/aromatic N) is 1. The number of nitrogens with two attached hydrogens (primary N) is 2. The number of hydrogen-bond donors (Lipinski definition) is 3. The van der Waals surface area contributed by atoms with E-state index in [4.69, 9.17) is 11.5 Å². The Balaban J connectivity index is 1.89. The molecule has 0 atom stereocenters. The van der Waals surface area contributed by atoms with Gasteiger partial charge in [0.1, 0.15) is 5.82 Å². The third-order valence-corrected chi connectivity index (χ3v) is 4.90. The molecule has 1 fully saturated rings. The molecule has 5 heteroatoms. The summed E-state index contributed by atoms with van der Waals surface area (Å²) in [5, 5.41) is 4.57. The van der Waals surface area contributed by atoms with Gasteiger partial charge in [0, 0.05) is 29.1 Å². The average Bonchev–Trinajstić information content (AvgIpc) is 3.50. The van der Waals surface area contributed by atoms with E-state index in [-0.39, 0.29) is 11.8 Å². The summed E-state index contributed by atoms with van der Waals surface area (Å²) in [7, 11) is 0. The summed E-state index contributed by atoms with van der Waals surface area (Å²) in [6.45, 7) is 2.04. The van der Waals surface area contributed by atoms with Gasteiger partial charge in [-0.15, -0.1) is 0 Å². The maximum absolute atomic E-state index is 12.0. The third-order valence-electron chi connectivity index (χ3n) is 4.90. The minimum atomic E-state index is 0.0274. The number of anilines is 2. The Hall–Kier alpha value is -3.52. The first kappa shape index (κ1) is 16.9. The molecule has 1 amide bonds. The molecule has 1 aliphatic rings. The predicted octanol–water partition coefficient (Wildman–Crippen LogP) is 3.41. The molecule has 27 heavy (non-hydrogen) atoms. The molecule has 0 bridgehead atoms. The maximum Gasteiger partial charge on any atom is 0.228 e. The van der Waals surface area contributed by atoms with Crippen LogP contribution in [-0.4, -0.2) is 10.9 Å². The van der Waals surface area contributed by atoms with Gasteiger partial charge in [-0.3, -0.25) is 4.79 Å². The topological polar surface area (TPSA) is 94.0 Å². The van der Waals surface area contributed by atoms with Crippen LogP contribution in [0.25, 0.3) is 21.9 Å². The molecule has 1 aromatic heterocycles. The number of nitrogens with one attached hydrogen (secondary N) is 1. The van der Waals surface area contributed by atoms with E-state index in [1.54, 1.807) is 6.20 Å². The van der Waals surface area contributed by atoms with Crippen LogP contribution in [0.5, 0.6) is 0 Å². The Morgan fingerprint density at radius 2 is 2.00 bits per heavy atom. The largest absolute Gasteiger partial charge is 0.397 e. The fourth-order valence-corrected chi connectivity index (χ4v) is 3.26. The fourth-order valence-electron chi connectivity index (χ4n) is 3.26. The molecule has 1 heterocycles. The van der Waals surface area contributed by atoms with Crippen LogP contribution in [-0.2, 0) is 4.79 Å². The first-order valence-electron chi connectivity index (χ1n) is 8.89. The number of pyridine rings is 1. The molecule has 0 radical (unpaired) electrons. The molecular formula is C22H20N4O. The molecule has 0 aliphatic heterocycles. The van der Waals surface area contributed by atoms with Gasteiger partial charge < -0.3 is 16.8 Å². The number of hydrogen-bond acceptors (Lipinski definition) is 4. The lowest BCUT2D eigenvalue weighted by molar-refractivity contribution is -0.117. The molecule has 1 aliphatic carbocycles. The number of benzene rings is 2. The highest BCUT2D eigenvalue weighted by Crippen LogP contribution is 2.36. The number of aromatic nitrogens is 1. The zero-order chi connectivity index (χ0) is 19.0. The normalized spacial score (nSPS) is 13.1. The monoisotopic (exact) mass is 356 g/mol. The van der Waals surface area contributed by atoms with Gasteiger partial charge in [0.15, 0.2) is 0 Å². The molecule has 5 N–H and O–H groups in total. The van der Waals surface area contributed by atoms with Gasteiger partial charge in [0.05, 0.1) is 11.3 Å². The van der Waals surface area contributed by atoms with Crippen LogP contribution >= 0.6 is 0 Å². The molecular weight excluding hydrogens is 336 g/mol. The van der Waals surface area contributed by atoms with E-state index >= 15 is 0 Å². The molecule has 0 saturated heterocycles. The number of rotatable bonds is 3. The molecule has 4 rings (SSSR count). The van der Waals surface area contributed by atoms with Crippen LogP contribution < -0.4 is 16.8 Å². The van der Waals surface area contributed by atoms with Crippen LogP contribution in [0.4, 0.5) is 11.5 Å². The van der Waals surface area contributed by atoms with Crippen molar-refractivity contribution >= 4 is 28.2 Å². The maximum atomic E-state index is 12.0. The lowest BCUT2D eigenvalue weighted by atomic mass is 9.92. The number of aryl methyl sites for hydroxylation is 1. The highest BCUT2D eigenvalue weighted by atomic mass is 16.2. The zero-order valence-corrected chi connectivity index (χ0v) is 15.0. The van der Waals surface area contributed by atoms with Crippen molar-refractivity contribution in [2.75, 3.05) is 11.1 Å². The van der Waals surface area contributed by atoms with Crippen LogP contribution in [0.15, 0.2) is 42.6 Å². The van der Waals surface area contributed by atoms with E-state index < -0.39 is 0 Å². The van der Waals surface area contributed by atoms with E-state index in [0.717, 1.165) is 40.3 Å². The van der Waals surface area contributed by atoms with Crippen molar-refractivity contribution in [2.24, 2.45) is 11.7 Å². The van der Waals surface area contributed by atoms with Crippen LogP contribution in [0.3, 0.4) is 0 Å². The minimum absolute atomic E-state index is 0.0274. The summed E-state index contributed by atoms with van der Waals surface area (Å²) < 4.78 is 0. The molecule has 1 saturated carbocycles. The molecule has 5 nitrogen and oxygen atoms in total. The summed E-state index contributed by atoms with van der Waals surface area (Å²) in [6.07, 6.45) is 3.58. The first-order valence-corrected chi connectivity index (χ1v) is 8.89. The van der Waals surface area contributed by atoms with Crippen molar-refractivity contribution in [3.8, 4) is 23.1 Å². The average molecular weight is 356 g/mol. The fraction of sp³-hybridized carbons (Fsp3) is 0.182. The number of carbonyl (C=O) groups is 1. The Morgan fingerprint density at radius 3 is 2.70 bits per heavy atom. The number of nitrogen functional groups attached to an aromatic ring is 1. The van der Waals surface area contributed by atoms with Crippen molar-refractivity contribution in [2.45, 2.75) is 19.8 Å². The second-order valence-electron chi connectivity index (χ2n) is 6.85. The Bertz CT molecular complexity index is 1120. The Kier molecular flexibility index (Phi) is 4.17. The molecule has 3 aromatic rings. The van der Waals surface area contributed by atoms with Crippen molar-refractivity contribution in [1.82, 2.24) is 4.98 Å². The standard InChI is InChI=1S/C22H20N4O/c1-13-4-2-3-5-16(13)18-10-15-11-20(26-22(27)14-6-7-14)25-12-19(15)21(24)17(18)8-9-23/h2-5,10-12,14H,6-7,23-24H2,1H3,(H,25,26,27). The Morgan fingerprint density at radius 1 is 1.22 bits per heavy atom. The first-order chi connectivity index (χ1) is 13.1. The van der Waals surface area contributed by atoms with Gasteiger partial charge in [-0.1, -0.05) is 24.3 Å². The summed E-state index contributed by atoms with van der Waals surface area (Å²) in [5.74, 6) is 3.62. The summed E-state index contributed by atoms with van der Waals surface area (Å²) in [4.78, 5) is 16.4. The second kappa shape index (κ2) is 6.65. The quantitative estimate of drug-likeness (QED) is 0.381. The van der Waals surface area contributed by atoms with Gasteiger partial charge in [-0.2, -0.15) is 0 Å². The molecule has 2 aromatic carbocycles. The van der Waals surface area contributed by atoms with Gasteiger partial charge in [0.25, 0.3) is 0 Å². The van der Waals surface area contributed by atoms with Gasteiger partial charge >= 0.3 is 0 Å². The number of fused-ring (bicyclic) bond motifs is 1. The molecule has 134 valence electrons. The van der Waals surface area contributed by atoms with Gasteiger partial charge in [0.2, 0.25) is 5.91 Å². The number of amides is 1. The van der Waals surface area contributed by atoms with Crippen molar-refractivity contribution in [3.63, 3.8) is 0 Å². The van der Waals surface area contributed by atoms with Crippen LogP contribution in [0.1, 0.15) is 24.0 Å². The third kappa shape index (κ3) is 3.18. The summed E-state index contributed by atoms with van der Waals surface area (Å²) in [5.41, 5.74) is 16.2. The van der Waals surface area contributed by atoms with Crippen molar-refractivity contribution < 1.29 is 4.79 Å². The highest BCUT2D eigenvalue weighted by Gasteiger charge is 2.29. The molecule has 0 unspecified atom stereocenters. The van der Waals surface area contributed by atoms with E-state index in [0.29, 0.717) is 17.1 Å². The second-order valence-corrected chi connectivity index (χ2v) is 6.85. The minimum Gasteiger partial charge on any atom is -0.397 e. The lowest BCUT2D eigenvalue weighted by Gasteiger charge is -2.14. The Labute approximate surface area is 157 Å². The van der Waals surface area contributed by atoms with E-state index in [9.17, 15) is 4.79 Å². The predicted molar refractivity (Wildman–Crippen MR) is 109 cm³/mol. The van der Waals surface area contributed by atoms with E-state index in [1.165, 1.54) is 0 Å². The van der Waals surface area contributed by atoms with E-state index in [1.807, 2.05) is 43.3 Å². The zero-order valence-electron chi connectivity index (χ0n) is 15.0. The smallest absolute Gasteiger partial charge is 0.228 e. The van der Waals surface area contributed by atoms with Crippen molar-refractivity contribution in [1.29, 1.82) is 0 Å². The molecule has 0 spiro atoms. The van der Waals surface area contributed by atoms with Crippen LogP contribution in [0, 0.1) is 24.8 Å². The van der Waals surface area contributed by atoms with Crippen LogP contribution in [0.2, 0.25) is 0 Å². The van der Waals surface area contributed by atoms with Gasteiger partial charge in [-0.05, 0) is 54.3 Å². The van der Waals surface area contributed by atoms with Crippen molar-refractivity contribution in [3.05, 3.63) is 53.7 Å². The summed E-state index contributed by atoms with van der Waals surface area (Å²) >= 11 is 0. The SMILES string of the molecule is Cc1ccccc1-c1cc2cc(NC(=O)C3CC3)ncc2c(N)c1C#CN. The summed E-state index contributed by atoms with van der Waals surface area (Å²) in [6, 6.07) is 14.4. The highest BCUT2D eigenvalue weighted by molar-refractivity contribution is 6.03.